The number of aliphatic hydroxyl groups excluding tert-OH is 3. The van der Waals surface area contributed by atoms with E-state index in [4.69, 9.17) is 26.2 Å². The van der Waals surface area contributed by atoms with E-state index in [0.29, 0.717) is 10.6 Å². The molecule has 0 aliphatic carbocycles. The molecule has 0 spiro atoms. The number of halogens is 1. The van der Waals surface area contributed by atoms with Crippen molar-refractivity contribution in [2.45, 2.75) is 43.3 Å². The van der Waals surface area contributed by atoms with E-state index in [-0.39, 0.29) is 6.54 Å². The molecule has 1 aliphatic rings. The molecule has 0 radical (unpaired) electrons. The molecule has 0 unspecified atom stereocenters. The summed E-state index contributed by atoms with van der Waals surface area (Å²) in [7, 11) is 0. The molecule has 1 fully saturated rings. The van der Waals surface area contributed by atoms with Crippen molar-refractivity contribution in [3.8, 4) is 0 Å². The van der Waals surface area contributed by atoms with E-state index >= 15 is 0 Å². The number of rotatable bonds is 6. The maximum atomic E-state index is 12.4. The number of ether oxygens (including phenoxy) is 2. The second kappa shape index (κ2) is 9.32. The number of alkyl carbamates (subject to hydrolysis) is 1. The van der Waals surface area contributed by atoms with Gasteiger partial charge in [-0.15, -0.1) is 10.2 Å². The van der Waals surface area contributed by atoms with Crippen molar-refractivity contribution in [1.82, 2.24) is 25.5 Å². The molecule has 13 nitrogen and oxygen atoms in total. The fourth-order valence-corrected chi connectivity index (χ4v) is 3.10. The van der Waals surface area contributed by atoms with Gasteiger partial charge >= 0.3 is 12.1 Å². The van der Waals surface area contributed by atoms with Crippen LogP contribution >= 0.6 is 11.6 Å². The van der Waals surface area contributed by atoms with E-state index in [1.807, 2.05) is 0 Å². The van der Waals surface area contributed by atoms with Gasteiger partial charge in [0, 0.05) is 10.6 Å². The molecule has 1 aliphatic heterocycles. The number of hydrogen-bond donors (Lipinski definition) is 5. The third kappa shape index (κ3) is 4.83. The van der Waals surface area contributed by atoms with Gasteiger partial charge < -0.3 is 29.9 Å². The lowest BCUT2D eigenvalue weighted by molar-refractivity contribution is -0.232. The van der Waals surface area contributed by atoms with Gasteiger partial charge in [0.05, 0.1) is 0 Å². The SMILES string of the molecule is O=C(N[C@@H]1O[C@H](C(=O)O)[C@@H](O)[C@H](O)[C@H]1O)O[C@@H](Cn1ncnn1)c1ccccc1Cl. The van der Waals surface area contributed by atoms with Gasteiger partial charge in [0.25, 0.3) is 0 Å². The van der Waals surface area contributed by atoms with E-state index in [9.17, 15) is 24.9 Å². The van der Waals surface area contributed by atoms with E-state index in [0.717, 1.165) is 4.80 Å². The highest BCUT2D eigenvalue weighted by atomic mass is 35.5. The standard InChI is InChI=1S/C16H18ClN5O8/c17-8-4-2-1-3-7(8)9(5-22-19-6-18-21-22)29-16(28)20-14-12(25)10(23)11(24)13(30-14)15(26)27/h1-4,6,9-14,23-25H,5H2,(H,20,28)(H,26,27)/t9-,10-,11-,12+,13-,14+/m0/s1. The van der Waals surface area contributed by atoms with Gasteiger partial charge in [-0.25, -0.2) is 9.59 Å². The first-order chi connectivity index (χ1) is 14.3. The first-order valence-electron chi connectivity index (χ1n) is 8.62. The maximum Gasteiger partial charge on any atom is 0.409 e. The first-order valence-corrected chi connectivity index (χ1v) is 9.00. The second-order valence-corrected chi connectivity index (χ2v) is 6.75. The van der Waals surface area contributed by atoms with E-state index in [1.54, 1.807) is 24.3 Å². The second-order valence-electron chi connectivity index (χ2n) is 6.34. The monoisotopic (exact) mass is 443 g/mol. The van der Waals surface area contributed by atoms with Crippen LogP contribution in [0, 0.1) is 0 Å². The molecule has 2 aromatic rings. The Balaban J connectivity index is 1.74. The molecule has 5 N–H and O–H groups in total. The molecule has 1 aromatic heterocycles. The van der Waals surface area contributed by atoms with E-state index < -0.39 is 48.8 Å². The molecular weight excluding hydrogens is 426 g/mol. The minimum Gasteiger partial charge on any atom is -0.479 e. The number of carboxylic acids is 1. The van der Waals surface area contributed by atoms with Crippen molar-refractivity contribution in [2.24, 2.45) is 0 Å². The number of carboxylic acid groups (broad SMARTS) is 1. The third-order valence-electron chi connectivity index (χ3n) is 4.34. The van der Waals surface area contributed by atoms with Crippen molar-refractivity contribution in [3.05, 3.63) is 41.2 Å². The molecule has 30 heavy (non-hydrogen) atoms. The summed E-state index contributed by atoms with van der Waals surface area (Å²) in [6, 6.07) is 6.56. The summed E-state index contributed by atoms with van der Waals surface area (Å²) in [5.41, 5.74) is 0.426. The zero-order valence-electron chi connectivity index (χ0n) is 15.1. The molecule has 3 rings (SSSR count). The summed E-state index contributed by atoms with van der Waals surface area (Å²) in [5.74, 6) is -1.58. The van der Waals surface area contributed by atoms with Gasteiger partial charge in [-0.1, -0.05) is 29.8 Å². The number of nitrogens with zero attached hydrogens (tertiary/aromatic N) is 4. The molecule has 2 heterocycles. The normalized spacial score (nSPS) is 27.3. The van der Waals surface area contributed by atoms with Gasteiger partial charge in [-0.3, -0.25) is 5.32 Å². The Kier molecular flexibility index (Phi) is 6.79. The van der Waals surface area contributed by atoms with Crippen molar-refractivity contribution in [3.63, 3.8) is 0 Å². The maximum absolute atomic E-state index is 12.4. The predicted octanol–water partition coefficient (Wildman–Crippen LogP) is -1.31. The highest BCUT2D eigenvalue weighted by Crippen LogP contribution is 2.27. The molecule has 0 bridgehead atoms. The van der Waals surface area contributed by atoms with Gasteiger partial charge in [0.15, 0.2) is 24.8 Å². The summed E-state index contributed by atoms with van der Waals surface area (Å²) in [4.78, 5) is 24.7. The number of aromatic nitrogens is 4. The predicted molar refractivity (Wildman–Crippen MR) is 95.9 cm³/mol. The van der Waals surface area contributed by atoms with Crippen molar-refractivity contribution < 1.29 is 39.5 Å². The van der Waals surface area contributed by atoms with Crippen LogP contribution < -0.4 is 5.32 Å². The Bertz CT molecular complexity index is 884. The lowest BCUT2D eigenvalue weighted by Gasteiger charge is -2.38. The quantitative estimate of drug-likeness (QED) is 0.356. The van der Waals surface area contributed by atoms with Crippen LogP contribution in [0.5, 0.6) is 0 Å². The molecule has 6 atom stereocenters. The van der Waals surface area contributed by atoms with Crippen LogP contribution in [0.3, 0.4) is 0 Å². The number of aliphatic hydroxyl groups is 3. The average Bonchev–Trinajstić information content (AvgIpc) is 3.21. The molecular formula is C16H18ClN5O8. The Morgan fingerprint density at radius 3 is 2.60 bits per heavy atom. The zero-order valence-corrected chi connectivity index (χ0v) is 15.9. The first kappa shape index (κ1) is 21.9. The zero-order chi connectivity index (χ0) is 21.8. The molecule has 14 heteroatoms. The molecule has 1 amide bonds. The van der Waals surface area contributed by atoms with E-state index in [2.05, 4.69) is 20.7 Å². The van der Waals surface area contributed by atoms with Crippen LogP contribution in [0.25, 0.3) is 0 Å². The number of carbonyl (C=O) groups is 2. The number of amides is 1. The lowest BCUT2D eigenvalue weighted by Crippen LogP contribution is -2.64. The van der Waals surface area contributed by atoms with Crippen LogP contribution in [0.4, 0.5) is 4.79 Å². The van der Waals surface area contributed by atoms with Gasteiger partial charge in [0.1, 0.15) is 24.9 Å². The highest BCUT2D eigenvalue weighted by Gasteiger charge is 2.47. The largest absolute Gasteiger partial charge is 0.479 e. The van der Waals surface area contributed by atoms with Crippen molar-refractivity contribution in [1.29, 1.82) is 0 Å². The Hall–Kier alpha value is -2.84. The van der Waals surface area contributed by atoms with Crippen LogP contribution in [0.1, 0.15) is 11.7 Å². The fraction of sp³-hybridized carbons (Fsp3) is 0.438. The van der Waals surface area contributed by atoms with Crippen LogP contribution in [-0.2, 0) is 20.8 Å². The number of benzene rings is 1. The average molecular weight is 444 g/mol. The minimum atomic E-state index is -1.89. The Morgan fingerprint density at radius 1 is 1.23 bits per heavy atom. The molecule has 1 aromatic carbocycles. The third-order valence-corrected chi connectivity index (χ3v) is 4.68. The summed E-state index contributed by atoms with van der Waals surface area (Å²) in [6.45, 7) is -0.0513. The van der Waals surface area contributed by atoms with Gasteiger partial charge in [-0.05, 0) is 11.3 Å². The molecule has 162 valence electrons. The summed E-state index contributed by atoms with van der Waals surface area (Å²) in [5, 5.41) is 52.2. The minimum absolute atomic E-state index is 0.0513. The van der Waals surface area contributed by atoms with Crippen molar-refractivity contribution >= 4 is 23.7 Å². The summed E-state index contributed by atoms with van der Waals surface area (Å²) >= 11 is 6.18. The molecule has 0 saturated carbocycles. The molecule has 1 saturated heterocycles. The van der Waals surface area contributed by atoms with Crippen molar-refractivity contribution in [2.75, 3.05) is 0 Å². The van der Waals surface area contributed by atoms with Crippen LogP contribution in [0.2, 0.25) is 5.02 Å². The Morgan fingerprint density at radius 2 is 1.97 bits per heavy atom. The topological polar surface area (TPSA) is 189 Å². The smallest absolute Gasteiger partial charge is 0.409 e. The van der Waals surface area contributed by atoms with E-state index in [1.165, 1.54) is 6.33 Å². The number of carbonyl (C=O) groups excluding carboxylic acids is 1. The number of hydrogen-bond acceptors (Lipinski definition) is 10. The number of tetrazole rings is 1. The van der Waals surface area contributed by atoms with Crippen LogP contribution in [0.15, 0.2) is 30.6 Å². The van der Waals surface area contributed by atoms with Gasteiger partial charge in [-0.2, -0.15) is 4.80 Å². The number of aliphatic carboxylic acids is 1. The summed E-state index contributed by atoms with van der Waals surface area (Å²) in [6.07, 6.45) is -10.0. The highest BCUT2D eigenvalue weighted by molar-refractivity contribution is 6.31. The van der Waals surface area contributed by atoms with Gasteiger partial charge in [0.2, 0.25) is 0 Å². The summed E-state index contributed by atoms with van der Waals surface area (Å²) < 4.78 is 10.3. The lowest BCUT2D eigenvalue weighted by atomic mass is 9.98. The fourth-order valence-electron chi connectivity index (χ4n) is 2.84. The Labute approximate surface area is 173 Å². The van der Waals surface area contributed by atoms with Crippen LogP contribution in [-0.4, -0.2) is 83.3 Å². The number of nitrogens with one attached hydrogen (secondary N) is 1.